The maximum Gasteiger partial charge on any atom is 0.387 e. The minimum Gasteiger partial charge on any atom is -0.452 e. The summed E-state index contributed by atoms with van der Waals surface area (Å²) >= 11 is 0. The molecule has 8 heteroatoms. The SMILES string of the molecule is CC1(C)C[C@H]2C[C@@](C)(CN2C(=O)COC(=O)c2cc(-c3ccc(OC(F)F)cc3)nc3ccccc23)C1. The molecule has 0 unspecified atom stereocenters. The van der Waals surface area contributed by atoms with Crippen molar-refractivity contribution in [1.82, 2.24) is 9.88 Å². The van der Waals surface area contributed by atoms with Crippen molar-refractivity contribution < 1.29 is 27.8 Å². The van der Waals surface area contributed by atoms with Crippen LogP contribution in [0.2, 0.25) is 0 Å². The van der Waals surface area contributed by atoms with Crippen LogP contribution in [-0.4, -0.2) is 47.6 Å². The first-order chi connectivity index (χ1) is 17.5. The fourth-order valence-corrected chi connectivity index (χ4v) is 6.34. The topological polar surface area (TPSA) is 68.7 Å². The summed E-state index contributed by atoms with van der Waals surface area (Å²) in [7, 11) is 0. The third kappa shape index (κ3) is 5.29. The molecule has 37 heavy (non-hydrogen) atoms. The number of carbonyl (C=O) groups excluding carboxylic acids is 2. The molecule has 2 atom stereocenters. The molecule has 2 aliphatic rings. The van der Waals surface area contributed by atoms with Crippen molar-refractivity contribution in [2.45, 2.75) is 52.7 Å². The van der Waals surface area contributed by atoms with Gasteiger partial charge in [0.15, 0.2) is 6.61 Å². The Labute approximate surface area is 214 Å². The highest BCUT2D eigenvalue weighted by Crippen LogP contribution is 2.52. The average molecular weight is 509 g/mol. The number of likely N-dealkylation sites (tertiary alicyclic amines) is 1. The monoisotopic (exact) mass is 508 g/mol. The molecule has 1 saturated heterocycles. The van der Waals surface area contributed by atoms with Crippen LogP contribution in [0.4, 0.5) is 8.78 Å². The molecule has 2 fully saturated rings. The fourth-order valence-electron chi connectivity index (χ4n) is 6.34. The van der Waals surface area contributed by atoms with Gasteiger partial charge < -0.3 is 14.4 Å². The Hall–Kier alpha value is -3.55. The van der Waals surface area contributed by atoms with E-state index in [0.29, 0.717) is 28.7 Å². The average Bonchev–Trinajstić information content (AvgIpc) is 3.10. The molecule has 194 valence electrons. The molecule has 1 aromatic heterocycles. The number of ether oxygens (including phenoxy) is 2. The molecule has 2 bridgehead atoms. The van der Waals surface area contributed by atoms with E-state index >= 15 is 0 Å². The van der Waals surface area contributed by atoms with Gasteiger partial charge in [-0.3, -0.25) is 4.79 Å². The lowest BCUT2D eigenvalue weighted by molar-refractivity contribution is -0.135. The van der Waals surface area contributed by atoms with Crippen LogP contribution in [0.25, 0.3) is 22.2 Å². The number of amides is 1. The van der Waals surface area contributed by atoms with E-state index in [-0.39, 0.29) is 40.7 Å². The minimum absolute atomic E-state index is 0.0290. The first-order valence-electron chi connectivity index (χ1n) is 12.4. The van der Waals surface area contributed by atoms with E-state index in [9.17, 15) is 18.4 Å². The molecule has 2 heterocycles. The lowest BCUT2D eigenvalue weighted by Gasteiger charge is -2.39. The predicted octanol–water partition coefficient (Wildman–Crippen LogP) is 6.09. The Morgan fingerprint density at radius 2 is 1.81 bits per heavy atom. The number of benzene rings is 2. The summed E-state index contributed by atoms with van der Waals surface area (Å²) in [4.78, 5) is 32.8. The van der Waals surface area contributed by atoms with Gasteiger partial charge in [0.1, 0.15) is 5.75 Å². The Morgan fingerprint density at radius 1 is 1.08 bits per heavy atom. The second-order valence-electron chi connectivity index (χ2n) is 11.3. The molecule has 2 aromatic carbocycles. The third-order valence-corrected chi connectivity index (χ3v) is 7.37. The number of aromatic nitrogens is 1. The maximum atomic E-state index is 13.2. The van der Waals surface area contributed by atoms with Gasteiger partial charge in [-0.2, -0.15) is 8.78 Å². The van der Waals surface area contributed by atoms with Crippen LogP contribution < -0.4 is 4.74 Å². The smallest absolute Gasteiger partial charge is 0.387 e. The molecule has 0 radical (unpaired) electrons. The number of nitrogens with zero attached hydrogens (tertiary/aromatic N) is 2. The summed E-state index contributed by atoms with van der Waals surface area (Å²) in [6, 6.07) is 15.0. The first kappa shape index (κ1) is 25.1. The number of pyridine rings is 1. The Balaban J connectivity index is 1.35. The van der Waals surface area contributed by atoms with Gasteiger partial charge in [-0.15, -0.1) is 0 Å². The van der Waals surface area contributed by atoms with Gasteiger partial charge >= 0.3 is 12.6 Å². The maximum absolute atomic E-state index is 13.2. The van der Waals surface area contributed by atoms with Crippen molar-refractivity contribution in [3.05, 3.63) is 60.2 Å². The number of fused-ring (bicyclic) bond motifs is 3. The molecular weight excluding hydrogens is 478 g/mol. The van der Waals surface area contributed by atoms with Gasteiger partial charge in [0, 0.05) is 23.5 Å². The summed E-state index contributed by atoms with van der Waals surface area (Å²) in [5.74, 6) is -0.756. The van der Waals surface area contributed by atoms with Crippen molar-refractivity contribution in [3.8, 4) is 17.0 Å². The van der Waals surface area contributed by atoms with Crippen LogP contribution in [-0.2, 0) is 9.53 Å². The second kappa shape index (κ2) is 9.39. The van der Waals surface area contributed by atoms with Crippen molar-refractivity contribution in [3.63, 3.8) is 0 Å². The van der Waals surface area contributed by atoms with E-state index in [2.05, 4.69) is 30.5 Å². The normalized spacial score (nSPS) is 22.3. The van der Waals surface area contributed by atoms with Crippen LogP contribution >= 0.6 is 0 Å². The minimum atomic E-state index is -2.91. The summed E-state index contributed by atoms with van der Waals surface area (Å²) in [5.41, 5.74) is 2.24. The van der Waals surface area contributed by atoms with Crippen LogP contribution in [0, 0.1) is 10.8 Å². The van der Waals surface area contributed by atoms with Crippen molar-refractivity contribution in [1.29, 1.82) is 0 Å². The third-order valence-electron chi connectivity index (χ3n) is 7.37. The number of carbonyl (C=O) groups is 2. The molecular formula is C29H30F2N2O4. The summed E-state index contributed by atoms with van der Waals surface area (Å²) in [6.07, 6.45) is 3.00. The van der Waals surface area contributed by atoms with Crippen LogP contribution in [0.3, 0.4) is 0 Å². The molecule has 1 saturated carbocycles. The molecule has 6 nitrogen and oxygen atoms in total. The number of para-hydroxylation sites is 1. The Kier molecular flexibility index (Phi) is 6.38. The number of alkyl halides is 2. The lowest BCUT2D eigenvalue weighted by atomic mass is 9.65. The summed E-state index contributed by atoms with van der Waals surface area (Å²) in [5, 5.41) is 0.604. The molecule has 1 aliphatic heterocycles. The number of rotatable bonds is 6. The van der Waals surface area contributed by atoms with Gasteiger partial charge in [0.25, 0.3) is 5.91 Å². The second-order valence-corrected chi connectivity index (χ2v) is 11.3. The van der Waals surface area contributed by atoms with E-state index in [4.69, 9.17) is 4.74 Å². The van der Waals surface area contributed by atoms with E-state index < -0.39 is 12.6 Å². The van der Waals surface area contributed by atoms with Crippen molar-refractivity contribution >= 4 is 22.8 Å². The van der Waals surface area contributed by atoms with E-state index in [1.165, 1.54) is 12.1 Å². The molecule has 3 aromatic rings. The highest BCUT2D eigenvalue weighted by atomic mass is 19.3. The fraction of sp³-hybridized carbons (Fsp3) is 0.414. The Morgan fingerprint density at radius 3 is 2.54 bits per heavy atom. The number of esters is 1. The zero-order chi connectivity index (χ0) is 26.4. The predicted molar refractivity (Wildman–Crippen MR) is 135 cm³/mol. The number of halogens is 2. The Bertz CT molecular complexity index is 1340. The van der Waals surface area contributed by atoms with E-state index in [1.54, 1.807) is 36.4 Å². The molecule has 5 rings (SSSR count). The quantitative estimate of drug-likeness (QED) is 0.377. The van der Waals surface area contributed by atoms with Gasteiger partial charge in [0.2, 0.25) is 0 Å². The van der Waals surface area contributed by atoms with Crippen molar-refractivity contribution in [2.75, 3.05) is 13.2 Å². The molecule has 1 amide bonds. The zero-order valence-electron chi connectivity index (χ0n) is 21.2. The standard InChI is InChI=1S/C29H30F2N2O4/c1-28(2)13-19-14-29(3,16-28)17-33(19)25(34)15-36-26(35)22-12-24(32-23-7-5-4-6-21(22)23)18-8-10-20(11-9-18)37-27(30)31/h4-12,19,27H,13-17H2,1-3H3/t19-,29+/m0/s1. The largest absolute Gasteiger partial charge is 0.452 e. The van der Waals surface area contributed by atoms with Gasteiger partial charge in [-0.25, -0.2) is 9.78 Å². The molecule has 0 N–H and O–H groups in total. The first-order valence-corrected chi connectivity index (χ1v) is 12.4. The highest BCUT2D eigenvalue weighted by molar-refractivity contribution is 6.05. The van der Waals surface area contributed by atoms with E-state index in [0.717, 1.165) is 19.3 Å². The number of hydrogen-bond donors (Lipinski definition) is 0. The van der Waals surface area contributed by atoms with Crippen LogP contribution in [0.15, 0.2) is 54.6 Å². The summed E-state index contributed by atoms with van der Waals surface area (Å²) < 4.78 is 34.9. The zero-order valence-corrected chi connectivity index (χ0v) is 21.2. The van der Waals surface area contributed by atoms with Crippen LogP contribution in [0.5, 0.6) is 5.75 Å². The highest BCUT2D eigenvalue weighted by Gasteiger charge is 2.50. The molecule has 1 aliphatic carbocycles. The summed E-state index contributed by atoms with van der Waals surface area (Å²) in [6.45, 7) is 4.18. The van der Waals surface area contributed by atoms with Gasteiger partial charge in [-0.1, -0.05) is 39.0 Å². The van der Waals surface area contributed by atoms with Crippen molar-refractivity contribution in [2.24, 2.45) is 10.8 Å². The number of hydrogen-bond acceptors (Lipinski definition) is 5. The van der Waals surface area contributed by atoms with Gasteiger partial charge in [0.05, 0.1) is 16.8 Å². The lowest BCUT2D eigenvalue weighted by Crippen LogP contribution is -2.39. The molecule has 0 spiro atoms. The van der Waals surface area contributed by atoms with E-state index in [1.807, 2.05) is 11.0 Å². The van der Waals surface area contributed by atoms with Crippen LogP contribution in [0.1, 0.15) is 50.4 Å². The van der Waals surface area contributed by atoms with Gasteiger partial charge in [-0.05, 0) is 66.5 Å².